The first-order chi connectivity index (χ1) is 12.0. The SMILES string of the molecule is CCN(CC)CCNC(=O)C(C)c1nn(CC)c(=O)c2ccccc12.[Cl-]. The summed E-state index contributed by atoms with van der Waals surface area (Å²) in [5.41, 5.74) is 0.536. The Morgan fingerprint density at radius 3 is 2.38 bits per heavy atom. The van der Waals surface area contributed by atoms with Crippen LogP contribution in [-0.4, -0.2) is 46.8 Å². The van der Waals surface area contributed by atoms with E-state index in [0.717, 1.165) is 25.0 Å². The maximum atomic E-state index is 12.6. The fourth-order valence-corrected chi connectivity index (χ4v) is 2.95. The third kappa shape index (κ3) is 4.83. The van der Waals surface area contributed by atoms with Crippen LogP contribution in [0, 0.1) is 0 Å². The lowest BCUT2D eigenvalue weighted by Crippen LogP contribution is -3.00. The fraction of sp³-hybridized carbons (Fsp3) is 0.526. The summed E-state index contributed by atoms with van der Waals surface area (Å²) in [4.78, 5) is 27.2. The lowest BCUT2D eigenvalue weighted by atomic mass is 10.0. The van der Waals surface area contributed by atoms with Crippen molar-refractivity contribution < 1.29 is 17.2 Å². The van der Waals surface area contributed by atoms with Crippen molar-refractivity contribution in [2.45, 2.75) is 40.2 Å². The Balaban J connectivity index is 0.00000338. The molecule has 1 heterocycles. The molecular formula is C19H28ClN4O2-. The molecule has 0 aliphatic rings. The van der Waals surface area contributed by atoms with Gasteiger partial charge in [-0.15, -0.1) is 0 Å². The Kier molecular flexibility index (Phi) is 8.75. The standard InChI is InChI=1S/C19H28N4O2.ClH/c1-5-22(6-2)13-12-20-18(24)14(4)17-15-10-8-9-11-16(15)19(25)23(7-3)21-17;/h8-11,14H,5-7,12-13H2,1-4H3,(H,20,24);1H/p-1. The van der Waals surface area contributed by atoms with Crippen molar-refractivity contribution in [1.29, 1.82) is 0 Å². The predicted octanol–water partition coefficient (Wildman–Crippen LogP) is -1.02. The van der Waals surface area contributed by atoms with Crippen molar-refractivity contribution in [3.8, 4) is 0 Å². The topological polar surface area (TPSA) is 67.2 Å². The molecule has 1 atom stereocenters. The lowest BCUT2D eigenvalue weighted by Gasteiger charge is -2.19. The number of rotatable bonds is 8. The number of halogens is 1. The number of aromatic nitrogens is 2. The molecule has 1 aromatic carbocycles. The molecule has 0 fully saturated rings. The van der Waals surface area contributed by atoms with E-state index in [-0.39, 0.29) is 23.9 Å². The molecule has 0 saturated carbocycles. The van der Waals surface area contributed by atoms with Gasteiger partial charge in [-0.05, 0) is 33.0 Å². The van der Waals surface area contributed by atoms with E-state index in [9.17, 15) is 9.59 Å². The van der Waals surface area contributed by atoms with Crippen molar-refractivity contribution in [3.05, 3.63) is 40.3 Å². The van der Waals surface area contributed by atoms with E-state index in [1.807, 2.05) is 32.0 Å². The summed E-state index contributed by atoms with van der Waals surface area (Å²) >= 11 is 0. The van der Waals surface area contributed by atoms with Crippen molar-refractivity contribution in [1.82, 2.24) is 20.0 Å². The van der Waals surface area contributed by atoms with E-state index in [4.69, 9.17) is 0 Å². The molecule has 1 unspecified atom stereocenters. The first-order valence-electron chi connectivity index (χ1n) is 9.03. The Morgan fingerprint density at radius 2 is 1.81 bits per heavy atom. The number of amides is 1. The maximum Gasteiger partial charge on any atom is 0.274 e. The molecule has 144 valence electrons. The summed E-state index contributed by atoms with van der Waals surface area (Å²) in [6.45, 7) is 11.8. The fourth-order valence-electron chi connectivity index (χ4n) is 2.95. The summed E-state index contributed by atoms with van der Waals surface area (Å²) in [6, 6.07) is 7.36. The van der Waals surface area contributed by atoms with Gasteiger partial charge in [0.2, 0.25) is 5.91 Å². The van der Waals surface area contributed by atoms with Gasteiger partial charge in [0.15, 0.2) is 0 Å². The van der Waals surface area contributed by atoms with E-state index in [1.54, 1.807) is 6.07 Å². The van der Waals surface area contributed by atoms with Crippen LogP contribution in [0.25, 0.3) is 10.8 Å². The summed E-state index contributed by atoms with van der Waals surface area (Å²) in [5.74, 6) is -0.480. The Morgan fingerprint density at radius 1 is 1.19 bits per heavy atom. The summed E-state index contributed by atoms with van der Waals surface area (Å²) in [6.07, 6.45) is 0. The molecule has 2 rings (SSSR count). The molecule has 7 heteroatoms. The van der Waals surface area contributed by atoms with Crippen LogP contribution in [0.1, 0.15) is 39.3 Å². The number of benzene rings is 1. The van der Waals surface area contributed by atoms with Gasteiger partial charge in [0, 0.05) is 25.0 Å². The maximum absolute atomic E-state index is 12.6. The number of nitrogens with zero attached hydrogens (tertiary/aromatic N) is 3. The number of carbonyl (C=O) groups excluding carboxylic acids is 1. The quantitative estimate of drug-likeness (QED) is 0.637. The lowest BCUT2D eigenvalue weighted by molar-refractivity contribution is -0.122. The zero-order chi connectivity index (χ0) is 18.4. The largest absolute Gasteiger partial charge is 1.00 e. The van der Waals surface area contributed by atoms with E-state index >= 15 is 0 Å². The van der Waals surface area contributed by atoms with Crippen molar-refractivity contribution in [2.75, 3.05) is 26.2 Å². The summed E-state index contributed by atoms with van der Waals surface area (Å²) in [5, 5.41) is 8.80. The van der Waals surface area contributed by atoms with Gasteiger partial charge in [0.25, 0.3) is 5.56 Å². The monoisotopic (exact) mass is 379 g/mol. The highest BCUT2D eigenvalue weighted by molar-refractivity contribution is 5.91. The van der Waals surface area contributed by atoms with E-state index in [1.165, 1.54) is 4.68 Å². The van der Waals surface area contributed by atoms with E-state index < -0.39 is 5.92 Å². The van der Waals surface area contributed by atoms with Gasteiger partial charge < -0.3 is 22.6 Å². The molecule has 0 bridgehead atoms. The van der Waals surface area contributed by atoms with Gasteiger partial charge in [-0.2, -0.15) is 5.10 Å². The van der Waals surface area contributed by atoms with Gasteiger partial charge in [-0.3, -0.25) is 9.59 Å². The Bertz CT molecular complexity index is 787. The molecule has 26 heavy (non-hydrogen) atoms. The minimum absolute atomic E-state index is 0. The van der Waals surface area contributed by atoms with Crippen molar-refractivity contribution in [2.24, 2.45) is 0 Å². The van der Waals surface area contributed by atoms with Crippen LogP contribution in [0.5, 0.6) is 0 Å². The minimum Gasteiger partial charge on any atom is -1.00 e. The highest BCUT2D eigenvalue weighted by Gasteiger charge is 2.21. The predicted molar refractivity (Wildman–Crippen MR) is 101 cm³/mol. The molecule has 0 radical (unpaired) electrons. The second-order valence-electron chi connectivity index (χ2n) is 6.09. The second-order valence-corrected chi connectivity index (χ2v) is 6.09. The van der Waals surface area contributed by atoms with Crippen LogP contribution >= 0.6 is 0 Å². The molecule has 0 saturated heterocycles. The van der Waals surface area contributed by atoms with Gasteiger partial charge in [-0.25, -0.2) is 4.68 Å². The van der Waals surface area contributed by atoms with Crippen LogP contribution in [0.4, 0.5) is 0 Å². The van der Waals surface area contributed by atoms with E-state index in [2.05, 4.69) is 29.2 Å². The van der Waals surface area contributed by atoms with Crippen LogP contribution in [0.3, 0.4) is 0 Å². The van der Waals surface area contributed by atoms with Crippen LogP contribution in [-0.2, 0) is 11.3 Å². The molecular weight excluding hydrogens is 352 g/mol. The number of hydrogen-bond acceptors (Lipinski definition) is 4. The first kappa shape index (κ1) is 22.1. The summed E-state index contributed by atoms with van der Waals surface area (Å²) < 4.78 is 1.43. The first-order valence-corrected chi connectivity index (χ1v) is 9.03. The molecule has 0 spiro atoms. The van der Waals surface area contributed by atoms with Gasteiger partial charge >= 0.3 is 0 Å². The average molecular weight is 380 g/mol. The zero-order valence-electron chi connectivity index (χ0n) is 16.0. The number of carbonyl (C=O) groups is 1. The normalized spacial score (nSPS) is 12.0. The zero-order valence-corrected chi connectivity index (χ0v) is 16.7. The highest BCUT2D eigenvalue weighted by Crippen LogP contribution is 2.21. The highest BCUT2D eigenvalue weighted by atomic mass is 35.5. The number of hydrogen-bond donors (Lipinski definition) is 1. The number of aryl methyl sites for hydroxylation is 1. The average Bonchev–Trinajstić information content (AvgIpc) is 2.65. The number of fused-ring (bicyclic) bond motifs is 1. The number of likely N-dealkylation sites (N-methyl/N-ethyl adjacent to an activating group) is 1. The molecule has 1 aromatic heterocycles. The molecule has 6 nitrogen and oxygen atoms in total. The third-order valence-electron chi connectivity index (χ3n) is 4.62. The molecule has 2 aromatic rings. The van der Waals surface area contributed by atoms with E-state index in [0.29, 0.717) is 24.2 Å². The molecule has 0 aliphatic heterocycles. The van der Waals surface area contributed by atoms with Crippen LogP contribution in [0.2, 0.25) is 0 Å². The summed E-state index contributed by atoms with van der Waals surface area (Å²) in [7, 11) is 0. The van der Waals surface area contributed by atoms with Gasteiger partial charge in [-0.1, -0.05) is 32.0 Å². The van der Waals surface area contributed by atoms with Crippen molar-refractivity contribution in [3.63, 3.8) is 0 Å². The molecule has 0 aliphatic carbocycles. The minimum atomic E-state index is -0.417. The molecule has 1 amide bonds. The third-order valence-corrected chi connectivity index (χ3v) is 4.62. The molecule has 1 N–H and O–H groups in total. The van der Waals surface area contributed by atoms with Crippen LogP contribution < -0.4 is 23.3 Å². The van der Waals surface area contributed by atoms with Gasteiger partial charge in [0.05, 0.1) is 17.0 Å². The van der Waals surface area contributed by atoms with Crippen LogP contribution in [0.15, 0.2) is 29.1 Å². The van der Waals surface area contributed by atoms with Crippen molar-refractivity contribution >= 4 is 16.7 Å². The Hall–Kier alpha value is -1.92. The second kappa shape index (κ2) is 10.3. The van der Waals surface area contributed by atoms with Gasteiger partial charge in [0.1, 0.15) is 0 Å². The smallest absolute Gasteiger partial charge is 0.274 e. The number of nitrogens with one attached hydrogen (secondary N) is 1. The Labute approximate surface area is 161 Å².